The summed E-state index contributed by atoms with van der Waals surface area (Å²) in [5, 5.41) is 4.63. The Morgan fingerprint density at radius 1 is 1.17 bits per heavy atom. The topological polar surface area (TPSA) is 41.4 Å². The summed E-state index contributed by atoms with van der Waals surface area (Å²) in [6.07, 6.45) is 0.936. The zero-order valence-corrected chi connectivity index (χ0v) is 14.6. The number of carbonyl (C=O) groups excluding carboxylic acids is 1. The first-order chi connectivity index (χ1) is 11.5. The lowest BCUT2D eigenvalue weighted by Gasteiger charge is -2.20. The Morgan fingerprint density at radius 3 is 2.58 bits per heavy atom. The van der Waals surface area contributed by atoms with E-state index in [1.807, 2.05) is 4.90 Å². The molecule has 5 nitrogen and oxygen atoms in total. The highest BCUT2D eigenvalue weighted by Gasteiger charge is 2.26. The zero-order chi connectivity index (χ0) is 17.3. The van der Waals surface area contributed by atoms with Crippen molar-refractivity contribution < 1.29 is 9.18 Å². The SMILES string of the molecule is Cc1nn(-c2ccc(F)cc2)c(Cl)c1C(=O)N1CCCN(C)CC1. The normalized spacial score (nSPS) is 16.2. The van der Waals surface area contributed by atoms with Crippen molar-refractivity contribution in [2.45, 2.75) is 13.3 Å². The maximum Gasteiger partial charge on any atom is 0.258 e. The molecule has 1 aliphatic rings. The van der Waals surface area contributed by atoms with E-state index in [0.717, 1.165) is 19.5 Å². The van der Waals surface area contributed by atoms with Crippen LogP contribution in [-0.2, 0) is 0 Å². The minimum atomic E-state index is -0.330. The molecule has 0 aliphatic carbocycles. The molecule has 128 valence electrons. The van der Waals surface area contributed by atoms with Gasteiger partial charge in [-0.3, -0.25) is 4.79 Å². The fraction of sp³-hybridized carbons (Fsp3) is 0.412. The molecular weight excluding hydrogens is 331 g/mol. The zero-order valence-electron chi connectivity index (χ0n) is 13.8. The molecule has 2 aromatic rings. The van der Waals surface area contributed by atoms with Gasteiger partial charge in [-0.15, -0.1) is 0 Å². The lowest BCUT2D eigenvalue weighted by molar-refractivity contribution is 0.0762. The molecular formula is C17H20ClFN4O. The van der Waals surface area contributed by atoms with Crippen molar-refractivity contribution in [3.8, 4) is 5.69 Å². The van der Waals surface area contributed by atoms with Gasteiger partial charge in [-0.25, -0.2) is 9.07 Å². The van der Waals surface area contributed by atoms with E-state index in [1.54, 1.807) is 19.1 Å². The van der Waals surface area contributed by atoms with Gasteiger partial charge in [-0.2, -0.15) is 5.10 Å². The third-order valence-corrected chi connectivity index (χ3v) is 4.64. The molecule has 0 saturated carbocycles. The van der Waals surface area contributed by atoms with Gasteiger partial charge in [0.15, 0.2) is 0 Å². The van der Waals surface area contributed by atoms with Crippen LogP contribution in [0.5, 0.6) is 0 Å². The summed E-state index contributed by atoms with van der Waals surface area (Å²) >= 11 is 6.44. The Bertz CT molecular complexity index is 744. The Labute approximate surface area is 145 Å². The predicted molar refractivity (Wildman–Crippen MR) is 91.3 cm³/mol. The number of halogens is 2. The lowest BCUT2D eigenvalue weighted by Crippen LogP contribution is -2.34. The molecule has 1 amide bonds. The third-order valence-electron chi connectivity index (χ3n) is 4.30. The third kappa shape index (κ3) is 3.30. The number of benzene rings is 1. The first kappa shape index (κ1) is 16.9. The van der Waals surface area contributed by atoms with Gasteiger partial charge >= 0.3 is 0 Å². The Morgan fingerprint density at radius 2 is 1.88 bits per heavy atom. The highest BCUT2D eigenvalue weighted by molar-refractivity contribution is 6.33. The quantitative estimate of drug-likeness (QED) is 0.836. The number of nitrogens with zero attached hydrogens (tertiary/aromatic N) is 4. The maximum absolute atomic E-state index is 13.1. The largest absolute Gasteiger partial charge is 0.337 e. The molecule has 0 atom stereocenters. The molecule has 0 spiro atoms. The number of aromatic nitrogens is 2. The molecule has 1 fully saturated rings. The number of amides is 1. The second-order valence-electron chi connectivity index (χ2n) is 6.09. The van der Waals surface area contributed by atoms with E-state index in [1.165, 1.54) is 16.8 Å². The highest BCUT2D eigenvalue weighted by atomic mass is 35.5. The molecule has 3 rings (SSSR count). The number of hydrogen-bond acceptors (Lipinski definition) is 3. The molecule has 7 heteroatoms. The molecule has 0 bridgehead atoms. The second kappa shape index (κ2) is 6.91. The van der Waals surface area contributed by atoms with Gasteiger partial charge in [0.25, 0.3) is 5.91 Å². The van der Waals surface area contributed by atoms with Crippen LogP contribution in [-0.4, -0.2) is 58.7 Å². The van der Waals surface area contributed by atoms with Gasteiger partial charge in [0.1, 0.15) is 11.0 Å². The van der Waals surface area contributed by atoms with E-state index < -0.39 is 0 Å². The van der Waals surface area contributed by atoms with Crippen LogP contribution in [0.2, 0.25) is 5.15 Å². The van der Waals surface area contributed by atoms with Gasteiger partial charge in [0.05, 0.1) is 16.9 Å². The fourth-order valence-corrected chi connectivity index (χ4v) is 3.26. The van der Waals surface area contributed by atoms with E-state index >= 15 is 0 Å². The van der Waals surface area contributed by atoms with Crippen LogP contribution in [0.15, 0.2) is 24.3 Å². The molecule has 1 aromatic carbocycles. The number of hydrogen-bond donors (Lipinski definition) is 0. The predicted octanol–water partition coefficient (Wildman–Crippen LogP) is 2.75. The Kier molecular flexibility index (Phi) is 4.87. The van der Waals surface area contributed by atoms with Crippen LogP contribution in [0.4, 0.5) is 4.39 Å². The molecule has 0 radical (unpaired) electrons. The van der Waals surface area contributed by atoms with E-state index in [9.17, 15) is 9.18 Å². The van der Waals surface area contributed by atoms with Gasteiger partial charge in [-0.05, 0) is 51.2 Å². The minimum absolute atomic E-state index is 0.0961. The maximum atomic E-state index is 13.1. The molecule has 1 aromatic heterocycles. The summed E-state index contributed by atoms with van der Waals surface area (Å²) in [5.74, 6) is -0.426. The van der Waals surface area contributed by atoms with Crippen molar-refractivity contribution >= 4 is 17.5 Å². The summed E-state index contributed by atoms with van der Waals surface area (Å²) < 4.78 is 14.6. The van der Waals surface area contributed by atoms with Gasteiger partial charge in [0.2, 0.25) is 0 Å². The lowest BCUT2D eigenvalue weighted by atomic mass is 10.2. The van der Waals surface area contributed by atoms with Crippen molar-refractivity contribution in [3.63, 3.8) is 0 Å². The summed E-state index contributed by atoms with van der Waals surface area (Å²) in [6, 6.07) is 5.86. The van der Waals surface area contributed by atoms with Gasteiger partial charge in [-0.1, -0.05) is 11.6 Å². The van der Waals surface area contributed by atoms with Crippen LogP contribution in [0.25, 0.3) is 5.69 Å². The van der Waals surface area contributed by atoms with Crippen LogP contribution >= 0.6 is 11.6 Å². The van der Waals surface area contributed by atoms with Gasteiger partial charge in [0, 0.05) is 19.6 Å². The Hall–Kier alpha value is -1.92. The minimum Gasteiger partial charge on any atom is -0.337 e. The smallest absolute Gasteiger partial charge is 0.258 e. The average molecular weight is 351 g/mol. The van der Waals surface area contributed by atoms with Gasteiger partial charge < -0.3 is 9.80 Å². The van der Waals surface area contributed by atoms with E-state index in [0.29, 0.717) is 30.0 Å². The molecule has 1 aliphatic heterocycles. The number of rotatable bonds is 2. The molecule has 0 unspecified atom stereocenters. The van der Waals surface area contributed by atoms with E-state index in [4.69, 9.17) is 11.6 Å². The summed E-state index contributed by atoms with van der Waals surface area (Å²) in [4.78, 5) is 16.9. The number of aryl methyl sites for hydroxylation is 1. The van der Waals surface area contributed by atoms with Crippen molar-refractivity contribution in [2.24, 2.45) is 0 Å². The van der Waals surface area contributed by atoms with E-state index in [2.05, 4.69) is 17.0 Å². The summed E-state index contributed by atoms with van der Waals surface area (Å²) in [6.45, 7) is 4.97. The average Bonchev–Trinajstić information content (AvgIpc) is 2.72. The first-order valence-electron chi connectivity index (χ1n) is 7.96. The van der Waals surface area contributed by atoms with Crippen molar-refractivity contribution in [1.29, 1.82) is 0 Å². The van der Waals surface area contributed by atoms with Crippen LogP contribution in [0, 0.1) is 12.7 Å². The van der Waals surface area contributed by atoms with Crippen molar-refractivity contribution in [1.82, 2.24) is 19.6 Å². The molecule has 0 N–H and O–H groups in total. The van der Waals surface area contributed by atoms with Crippen molar-refractivity contribution in [2.75, 3.05) is 33.2 Å². The number of likely N-dealkylation sites (N-methyl/N-ethyl adjacent to an activating group) is 1. The van der Waals surface area contributed by atoms with Crippen molar-refractivity contribution in [3.05, 3.63) is 46.5 Å². The summed E-state index contributed by atoms with van der Waals surface area (Å²) in [5.41, 5.74) is 1.62. The number of carbonyl (C=O) groups is 1. The summed E-state index contributed by atoms with van der Waals surface area (Å²) in [7, 11) is 2.05. The fourth-order valence-electron chi connectivity index (χ4n) is 2.90. The molecule has 1 saturated heterocycles. The molecule has 2 heterocycles. The van der Waals surface area contributed by atoms with Crippen LogP contribution in [0.3, 0.4) is 0 Å². The molecule has 24 heavy (non-hydrogen) atoms. The Balaban J connectivity index is 1.91. The second-order valence-corrected chi connectivity index (χ2v) is 6.45. The highest BCUT2D eigenvalue weighted by Crippen LogP contribution is 2.25. The van der Waals surface area contributed by atoms with Crippen LogP contribution < -0.4 is 0 Å². The van der Waals surface area contributed by atoms with E-state index in [-0.39, 0.29) is 16.9 Å². The monoisotopic (exact) mass is 350 g/mol. The van der Waals surface area contributed by atoms with Crippen LogP contribution in [0.1, 0.15) is 22.5 Å². The standard InChI is InChI=1S/C17H20ClFN4O/c1-12-15(17(24)22-9-3-8-21(2)10-11-22)16(18)23(20-12)14-6-4-13(19)5-7-14/h4-7H,3,8-11H2,1-2H3. The first-order valence-corrected chi connectivity index (χ1v) is 8.34.